The second kappa shape index (κ2) is 9.02. The van der Waals surface area contributed by atoms with Crippen molar-refractivity contribution in [3.05, 3.63) is 35.6 Å². The highest BCUT2D eigenvalue weighted by Crippen LogP contribution is 2.36. The van der Waals surface area contributed by atoms with Crippen LogP contribution in [-0.2, 0) is 0 Å². The highest BCUT2D eigenvalue weighted by Gasteiger charge is 2.19. The van der Waals surface area contributed by atoms with E-state index in [1.165, 1.54) is 35.2 Å². The Morgan fingerprint density at radius 3 is 2.71 bits per heavy atom. The van der Waals surface area contributed by atoms with Crippen LogP contribution >= 0.6 is 23.1 Å². The third-order valence-electron chi connectivity index (χ3n) is 4.17. The van der Waals surface area contributed by atoms with Crippen LogP contribution in [0.4, 0.5) is 15.3 Å². The van der Waals surface area contributed by atoms with E-state index in [0.717, 1.165) is 16.7 Å². The Bertz CT molecular complexity index is 949. The smallest absolute Gasteiger partial charge is 0.192 e. The normalized spacial score (nSPS) is 13.8. The number of halogens is 1. The molecule has 0 spiro atoms. The average molecular weight is 422 g/mol. The van der Waals surface area contributed by atoms with Gasteiger partial charge in [-0.25, -0.2) is 19.3 Å². The highest BCUT2D eigenvalue weighted by atomic mass is 32.2. The third kappa shape index (κ3) is 5.09. The van der Waals surface area contributed by atoms with Gasteiger partial charge in [-0.3, -0.25) is 0 Å². The lowest BCUT2D eigenvalue weighted by Crippen LogP contribution is -2.26. The Morgan fingerprint density at radius 1 is 1.25 bits per heavy atom. The molecule has 4 N–H and O–H groups in total. The maximum absolute atomic E-state index is 13.5. The zero-order valence-corrected chi connectivity index (χ0v) is 17.6. The Balaban J connectivity index is 1.90. The molecule has 0 aliphatic heterocycles. The summed E-state index contributed by atoms with van der Waals surface area (Å²) >= 11 is 2.74. The number of nitrogens with one attached hydrogen (secondary N) is 1. The minimum absolute atomic E-state index is 0.000132. The predicted molar refractivity (Wildman–Crippen MR) is 114 cm³/mol. The molecular formula is C19H24FN5OS2. The van der Waals surface area contributed by atoms with Gasteiger partial charge < -0.3 is 16.2 Å². The van der Waals surface area contributed by atoms with Crippen molar-refractivity contribution in [2.45, 2.75) is 43.6 Å². The minimum atomic E-state index is -0.268. The molecule has 0 saturated carbocycles. The Kier molecular flexibility index (Phi) is 6.69. The number of hydrogen-bond acceptors (Lipinski definition) is 8. The third-order valence-corrected chi connectivity index (χ3v) is 6.07. The van der Waals surface area contributed by atoms with E-state index in [1.807, 2.05) is 13.0 Å². The molecule has 0 radical (unpaired) electrons. The summed E-state index contributed by atoms with van der Waals surface area (Å²) < 4.78 is 14.3. The molecule has 0 unspecified atom stereocenters. The fraction of sp³-hybridized carbons (Fsp3) is 0.421. The number of rotatable bonds is 8. The van der Waals surface area contributed by atoms with Gasteiger partial charge in [0.05, 0.1) is 12.6 Å². The fourth-order valence-corrected chi connectivity index (χ4v) is 4.50. The van der Waals surface area contributed by atoms with Gasteiger partial charge in [-0.1, -0.05) is 49.1 Å². The first-order valence-corrected chi connectivity index (χ1v) is 10.8. The number of benzene rings is 1. The summed E-state index contributed by atoms with van der Waals surface area (Å²) in [6.07, 6.45) is 0.804. The molecule has 0 bridgehead atoms. The topological polar surface area (TPSA) is 97.0 Å². The van der Waals surface area contributed by atoms with Crippen LogP contribution in [0, 0.1) is 11.7 Å². The Hall–Kier alpha value is -1.97. The summed E-state index contributed by atoms with van der Waals surface area (Å²) in [6, 6.07) is 6.38. The van der Waals surface area contributed by atoms with E-state index in [0.29, 0.717) is 27.7 Å². The number of aromatic nitrogens is 3. The largest absolute Gasteiger partial charge is 0.394 e. The maximum atomic E-state index is 13.5. The number of thioether (sulfide) groups is 1. The van der Waals surface area contributed by atoms with Crippen LogP contribution in [0.3, 0.4) is 0 Å². The molecule has 2 aromatic heterocycles. The van der Waals surface area contributed by atoms with Crippen LogP contribution in [0.25, 0.3) is 10.3 Å². The lowest BCUT2D eigenvalue weighted by molar-refractivity contribution is 0.259. The summed E-state index contributed by atoms with van der Waals surface area (Å²) in [7, 11) is 0. The van der Waals surface area contributed by atoms with Crippen molar-refractivity contribution in [2.24, 2.45) is 5.92 Å². The molecular weight excluding hydrogens is 397 g/mol. The van der Waals surface area contributed by atoms with Crippen molar-refractivity contribution in [3.63, 3.8) is 0 Å². The standard InChI is InChI=1S/C19H24FN5OS2/c1-10(2)7-14(9-26)22-16-15-17(23-18(21)28-15)25-19(24-16)27-11(3)12-5-4-6-13(20)8-12/h4-6,8,10-11,14,26H,7,9H2,1-3H3,(H3,21,22,23,24,25)/t11-,14+/m0/s1. The van der Waals surface area contributed by atoms with Crippen molar-refractivity contribution in [3.8, 4) is 0 Å². The van der Waals surface area contributed by atoms with Gasteiger partial charge in [0.2, 0.25) is 0 Å². The number of nitrogens with two attached hydrogens (primary N) is 1. The molecule has 150 valence electrons. The molecule has 0 saturated heterocycles. The molecule has 2 heterocycles. The highest BCUT2D eigenvalue weighted by molar-refractivity contribution is 7.99. The Labute approximate surface area is 171 Å². The van der Waals surface area contributed by atoms with Gasteiger partial charge >= 0.3 is 0 Å². The number of fused-ring (bicyclic) bond motifs is 1. The SMILES string of the molecule is CC(C)C[C@H](CO)Nc1nc(S[C@@H](C)c2cccc(F)c2)nc2nc(N)sc12. The molecule has 0 fully saturated rings. The summed E-state index contributed by atoms with van der Waals surface area (Å²) in [6.45, 7) is 6.18. The van der Waals surface area contributed by atoms with Gasteiger partial charge in [0.1, 0.15) is 10.5 Å². The quantitative estimate of drug-likeness (QED) is 0.364. The molecule has 6 nitrogen and oxygen atoms in total. The minimum Gasteiger partial charge on any atom is -0.394 e. The first-order chi connectivity index (χ1) is 13.4. The number of anilines is 2. The van der Waals surface area contributed by atoms with Crippen LogP contribution < -0.4 is 11.1 Å². The zero-order chi connectivity index (χ0) is 20.3. The lowest BCUT2D eigenvalue weighted by atomic mass is 10.0. The molecule has 0 aliphatic rings. The van der Waals surface area contributed by atoms with E-state index >= 15 is 0 Å². The van der Waals surface area contributed by atoms with Crippen LogP contribution in [0.2, 0.25) is 0 Å². The number of hydrogen-bond donors (Lipinski definition) is 3. The molecule has 1 aromatic carbocycles. The van der Waals surface area contributed by atoms with Gasteiger partial charge in [-0.05, 0) is 37.0 Å². The van der Waals surface area contributed by atoms with Crippen molar-refractivity contribution in [1.29, 1.82) is 0 Å². The van der Waals surface area contributed by atoms with Gasteiger partial charge in [0.25, 0.3) is 0 Å². The van der Waals surface area contributed by atoms with Crippen molar-refractivity contribution in [2.75, 3.05) is 17.7 Å². The zero-order valence-electron chi connectivity index (χ0n) is 16.0. The van der Waals surface area contributed by atoms with Gasteiger partial charge in [0.15, 0.2) is 21.8 Å². The molecule has 3 aromatic rings. The van der Waals surface area contributed by atoms with E-state index in [1.54, 1.807) is 6.07 Å². The van der Waals surface area contributed by atoms with E-state index in [4.69, 9.17) is 5.73 Å². The van der Waals surface area contributed by atoms with Gasteiger partial charge in [-0.2, -0.15) is 0 Å². The average Bonchev–Trinajstić information content (AvgIpc) is 3.01. The first kappa shape index (κ1) is 20.8. The first-order valence-electron chi connectivity index (χ1n) is 9.09. The van der Waals surface area contributed by atoms with Crippen LogP contribution in [0.1, 0.15) is 38.0 Å². The number of nitrogen functional groups attached to an aromatic ring is 1. The Morgan fingerprint density at radius 2 is 2.04 bits per heavy atom. The van der Waals surface area contributed by atoms with Crippen LogP contribution in [0.15, 0.2) is 29.4 Å². The molecule has 0 amide bonds. The van der Waals surface area contributed by atoms with Crippen molar-refractivity contribution >= 4 is 44.4 Å². The van der Waals surface area contributed by atoms with Gasteiger partial charge in [0, 0.05) is 5.25 Å². The van der Waals surface area contributed by atoms with Gasteiger partial charge in [-0.15, -0.1) is 0 Å². The van der Waals surface area contributed by atoms with E-state index in [2.05, 4.69) is 34.1 Å². The molecule has 2 atom stereocenters. The van der Waals surface area contributed by atoms with E-state index in [-0.39, 0.29) is 23.7 Å². The fourth-order valence-electron chi connectivity index (χ4n) is 2.90. The number of thiazole rings is 1. The van der Waals surface area contributed by atoms with Crippen LogP contribution in [-0.4, -0.2) is 32.7 Å². The second-order valence-corrected chi connectivity index (χ2v) is 9.37. The number of nitrogens with zero attached hydrogens (tertiary/aromatic N) is 3. The molecule has 9 heteroatoms. The molecule has 3 rings (SSSR count). The van der Waals surface area contributed by atoms with Crippen LogP contribution in [0.5, 0.6) is 0 Å². The summed E-state index contributed by atoms with van der Waals surface area (Å²) in [5, 5.41) is 13.9. The lowest BCUT2D eigenvalue weighted by Gasteiger charge is -2.19. The monoisotopic (exact) mass is 421 g/mol. The summed E-state index contributed by atoms with van der Waals surface area (Å²) in [5.74, 6) is 0.776. The number of aliphatic hydroxyl groups is 1. The number of aliphatic hydroxyl groups excluding tert-OH is 1. The van der Waals surface area contributed by atoms with E-state index in [9.17, 15) is 9.50 Å². The van der Waals surface area contributed by atoms with Crippen molar-refractivity contribution in [1.82, 2.24) is 15.0 Å². The van der Waals surface area contributed by atoms with E-state index < -0.39 is 0 Å². The van der Waals surface area contributed by atoms with Crippen molar-refractivity contribution < 1.29 is 9.50 Å². The maximum Gasteiger partial charge on any atom is 0.192 e. The summed E-state index contributed by atoms with van der Waals surface area (Å²) in [4.78, 5) is 13.5. The molecule has 0 aliphatic carbocycles. The summed E-state index contributed by atoms with van der Waals surface area (Å²) in [5.41, 5.74) is 7.26. The predicted octanol–water partition coefficient (Wildman–Crippen LogP) is 4.48. The molecule has 28 heavy (non-hydrogen) atoms. The second-order valence-electron chi connectivity index (χ2n) is 7.03.